The van der Waals surface area contributed by atoms with Crippen molar-refractivity contribution in [3.05, 3.63) is 48.7 Å². The number of phenols is 1. The van der Waals surface area contributed by atoms with Crippen LogP contribution in [0.25, 0.3) is 11.3 Å². The van der Waals surface area contributed by atoms with Gasteiger partial charge in [-0.15, -0.1) is 0 Å². The van der Waals surface area contributed by atoms with Gasteiger partial charge in [0.15, 0.2) is 6.20 Å². The highest BCUT2D eigenvalue weighted by molar-refractivity contribution is 5.56. The van der Waals surface area contributed by atoms with Crippen molar-refractivity contribution in [3.8, 4) is 17.0 Å². The van der Waals surface area contributed by atoms with Gasteiger partial charge < -0.3 is 9.84 Å². The van der Waals surface area contributed by atoms with Crippen molar-refractivity contribution >= 4 is 0 Å². The van der Waals surface area contributed by atoms with Gasteiger partial charge in [-0.3, -0.25) is 0 Å². The first-order valence-corrected chi connectivity index (χ1v) is 5.33. The Balaban J connectivity index is 0.000000437. The summed E-state index contributed by atoms with van der Waals surface area (Å²) in [6.07, 6.45) is 2.00. The third-order valence-corrected chi connectivity index (χ3v) is 2.22. The topological polar surface area (TPSA) is 33.3 Å². The number of aromatic nitrogens is 1. The van der Waals surface area contributed by atoms with E-state index >= 15 is 0 Å². The highest BCUT2D eigenvalue weighted by atomic mass is 16.4. The maximum Gasteiger partial charge on any atom is 0.212 e. The van der Waals surface area contributed by atoms with E-state index in [0.717, 1.165) is 11.3 Å². The van der Waals surface area contributed by atoms with Gasteiger partial charge in [-0.1, -0.05) is 0 Å². The number of ether oxygens (including phenoxy) is 1. The molecule has 0 fully saturated rings. The van der Waals surface area contributed by atoms with Crippen LogP contribution in [0.3, 0.4) is 0 Å². The molecule has 0 radical (unpaired) electrons. The predicted molar refractivity (Wildman–Crippen MR) is 67.7 cm³/mol. The van der Waals surface area contributed by atoms with Gasteiger partial charge in [0.2, 0.25) is 5.69 Å². The summed E-state index contributed by atoms with van der Waals surface area (Å²) < 4.78 is 6.30. The summed E-state index contributed by atoms with van der Waals surface area (Å²) in [5.41, 5.74) is 2.23. The zero-order chi connectivity index (χ0) is 12.7. The highest BCUT2D eigenvalue weighted by Gasteiger charge is 2.06. The molecule has 0 spiro atoms. The van der Waals surface area contributed by atoms with Crippen molar-refractivity contribution in [1.82, 2.24) is 0 Å². The minimum atomic E-state index is 0.298. The van der Waals surface area contributed by atoms with E-state index in [0.29, 0.717) is 5.75 Å². The van der Waals surface area contributed by atoms with Crippen molar-refractivity contribution < 1.29 is 14.4 Å². The summed E-state index contributed by atoms with van der Waals surface area (Å²) in [5, 5.41) is 9.17. The molecule has 2 aromatic rings. The number of benzene rings is 1. The molecule has 0 atom stereocenters. The van der Waals surface area contributed by atoms with Crippen LogP contribution in [-0.2, 0) is 11.8 Å². The Morgan fingerprint density at radius 2 is 1.59 bits per heavy atom. The van der Waals surface area contributed by atoms with Gasteiger partial charge >= 0.3 is 0 Å². The van der Waals surface area contributed by atoms with Crippen molar-refractivity contribution in [2.24, 2.45) is 7.05 Å². The average molecular weight is 232 g/mol. The fourth-order valence-electron chi connectivity index (χ4n) is 1.46. The largest absolute Gasteiger partial charge is 0.508 e. The lowest BCUT2D eigenvalue weighted by Crippen LogP contribution is -2.29. The lowest BCUT2D eigenvalue weighted by molar-refractivity contribution is -0.660. The molecular weight excluding hydrogens is 214 g/mol. The Bertz CT molecular complexity index is 452. The zero-order valence-corrected chi connectivity index (χ0v) is 10.4. The number of hydrogen-bond donors (Lipinski definition) is 1. The molecule has 0 aliphatic heterocycles. The molecule has 0 unspecified atom stereocenters. The molecule has 0 amide bonds. The fourth-order valence-corrected chi connectivity index (χ4v) is 1.46. The molecule has 3 heteroatoms. The van der Waals surface area contributed by atoms with Crippen molar-refractivity contribution in [2.45, 2.75) is 0 Å². The molecule has 3 nitrogen and oxygen atoms in total. The Morgan fingerprint density at radius 3 is 2.12 bits per heavy atom. The number of hydrogen-bond acceptors (Lipinski definition) is 2. The van der Waals surface area contributed by atoms with Crippen LogP contribution in [0, 0.1) is 0 Å². The molecule has 1 heterocycles. The van der Waals surface area contributed by atoms with Crippen LogP contribution in [0.15, 0.2) is 48.7 Å². The maximum atomic E-state index is 9.17. The summed E-state index contributed by atoms with van der Waals surface area (Å²) in [5.74, 6) is 0.298. The van der Waals surface area contributed by atoms with Gasteiger partial charge in [-0.2, -0.15) is 0 Å². The molecule has 0 aliphatic rings. The predicted octanol–water partition coefficient (Wildman–Crippen LogP) is 2.15. The summed E-state index contributed by atoms with van der Waals surface area (Å²) in [6, 6.07) is 13.2. The van der Waals surface area contributed by atoms with Gasteiger partial charge in [0.05, 0.1) is 0 Å². The Labute approximate surface area is 102 Å². The zero-order valence-electron chi connectivity index (χ0n) is 10.4. The number of aromatic hydroxyl groups is 1. The SMILES string of the molecule is COC.C[n+]1ccccc1-c1ccc(O)cc1. The van der Waals surface area contributed by atoms with Crippen LogP contribution in [0.2, 0.25) is 0 Å². The monoisotopic (exact) mass is 232 g/mol. The second-order valence-corrected chi connectivity index (χ2v) is 3.65. The quantitative estimate of drug-likeness (QED) is 0.764. The molecule has 90 valence electrons. The number of pyridine rings is 1. The van der Waals surface area contributed by atoms with E-state index < -0.39 is 0 Å². The third kappa shape index (κ3) is 3.89. The van der Waals surface area contributed by atoms with Crippen molar-refractivity contribution in [2.75, 3.05) is 14.2 Å². The lowest BCUT2D eigenvalue weighted by atomic mass is 10.1. The Morgan fingerprint density at radius 1 is 1.00 bits per heavy atom. The summed E-state index contributed by atoms with van der Waals surface area (Å²) in [4.78, 5) is 0. The first kappa shape index (κ1) is 13.2. The van der Waals surface area contributed by atoms with Gasteiger partial charge in [0.1, 0.15) is 12.8 Å². The molecule has 17 heavy (non-hydrogen) atoms. The van der Waals surface area contributed by atoms with E-state index in [9.17, 15) is 0 Å². The standard InChI is InChI=1S/C12H11NO.C2H6O/c1-13-9-3-2-4-12(13)10-5-7-11(14)8-6-10;1-3-2/h2-9H,1H3;1-2H3/p+1. The maximum absolute atomic E-state index is 9.17. The minimum Gasteiger partial charge on any atom is -0.508 e. The van der Waals surface area contributed by atoms with Crippen LogP contribution in [0.4, 0.5) is 0 Å². The molecule has 1 aromatic heterocycles. The lowest BCUT2D eigenvalue weighted by Gasteiger charge is -1.99. The number of methoxy groups -OCH3 is 1. The van der Waals surface area contributed by atoms with Gasteiger partial charge in [-0.25, -0.2) is 4.57 Å². The molecular formula is C14H18NO2+. The Hall–Kier alpha value is -1.87. The number of aryl methyl sites for hydroxylation is 1. The molecule has 2 rings (SSSR count). The smallest absolute Gasteiger partial charge is 0.212 e. The molecule has 0 saturated heterocycles. The first-order valence-electron chi connectivity index (χ1n) is 5.33. The molecule has 1 aromatic carbocycles. The van der Waals surface area contributed by atoms with Crippen LogP contribution in [-0.4, -0.2) is 19.3 Å². The highest BCUT2D eigenvalue weighted by Crippen LogP contribution is 2.17. The second-order valence-electron chi connectivity index (χ2n) is 3.65. The van der Waals surface area contributed by atoms with Gasteiger partial charge in [0, 0.05) is 31.9 Å². The van der Waals surface area contributed by atoms with E-state index in [4.69, 9.17) is 5.11 Å². The van der Waals surface area contributed by atoms with Crippen LogP contribution in [0.1, 0.15) is 0 Å². The summed E-state index contributed by atoms with van der Waals surface area (Å²) in [7, 11) is 5.25. The van der Waals surface area contributed by atoms with E-state index in [1.54, 1.807) is 26.4 Å². The molecule has 0 saturated carbocycles. The number of nitrogens with zero attached hydrogens (tertiary/aromatic N) is 1. The first-order chi connectivity index (χ1) is 8.19. The van der Waals surface area contributed by atoms with Crippen LogP contribution in [0.5, 0.6) is 5.75 Å². The van der Waals surface area contributed by atoms with Gasteiger partial charge in [0.25, 0.3) is 0 Å². The fraction of sp³-hybridized carbons (Fsp3) is 0.214. The van der Waals surface area contributed by atoms with E-state index in [1.165, 1.54) is 0 Å². The molecule has 0 bridgehead atoms. The van der Waals surface area contributed by atoms with Crippen LogP contribution < -0.4 is 4.57 Å². The average Bonchev–Trinajstić information content (AvgIpc) is 2.32. The van der Waals surface area contributed by atoms with Gasteiger partial charge in [-0.05, 0) is 30.3 Å². The Kier molecular flexibility index (Phi) is 5.17. The van der Waals surface area contributed by atoms with E-state index in [-0.39, 0.29) is 0 Å². The van der Waals surface area contributed by atoms with Crippen molar-refractivity contribution in [3.63, 3.8) is 0 Å². The normalized spacial score (nSPS) is 9.35. The van der Waals surface area contributed by atoms with Crippen LogP contribution >= 0.6 is 0 Å². The molecule has 0 aliphatic carbocycles. The molecule has 1 N–H and O–H groups in total. The summed E-state index contributed by atoms with van der Waals surface area (Å²) in [6.45, 7) is 0. The minimum absolute atomic E-state index is 0.298. The number of phenolic OH excluding ortho intramolecular Hbond substituents is 1. The third-order valence-electron chi connectivity index (χ3n) is 2.22. The van der Waals surface area contributed by atoms with E-state index in [1.807, 2.05) is 48.1 Å². The number of rotatable bonds is 1. The second kappa shape index (κ2) is 6.66. The van der Waals surface area contributed by atoms with Crippen molar-refractivity contribution in [1.29, 1.82) is 0 Å². The summed E-state index contributed by atoms with van der Waals surface area (Å²) >= 11 is 0. The van der Waals surface area contributed by atoms with E-state index in [2.05, 4.69) is 4.74 Å².